The lowest BCUT2D eigenvalue weighted by atomic mass is 9.98. The lowest BCUT2D eigenvalue weighted by Gasteiger charge is -2.26. The van der Waals surface area contributed by atoms with E-state index in [0.29, 0.717) is 33.0 Å². The molecule has 0 aliphatic heterocycles. The minimum Gasteiger partial charge on any atom is -0.425 e. The van der Waals surface area contributed by atoms with Crippen LogP contribution in [0.3, 0.4) is 0 Å². The van der Waals surface area contributed by atoms with Gasteiger partial charge in [-0.2, -0.15) is 0 Å². The van der Waals surface area contributed by atoms with Gasteiger partial charge < -0.3 is 9.47 Å². The standard InChI is InChI=1S/C31H25Cl2FN2O5/c1-18-13-22(32)6-9-25(18)30(38)26-10-8-24(16-27(26)33)36(28-11-7-23(34)14-19(28)2)31(39)41-20(3)40-29(37)15-21-5-4-12-35-17-21/h4-14,16-17,20H,15H2,1-3H3. The molecule has 0 aliphatic rings. The Bertz CT molecular complexity index is 1610. The number of rotatable bonds is 8. The first-order valence-corrected chi connectivity index (χ1v) is 13.2. The molecule has 7 nitrogen and oxygen atoms in total. The molecule has 1 aromatic heterocycles. The average Bonchev–Trinajstić information content (AvgIpc) is 2.90. The number of benzene rings is 3. The molecule has 0 bridgehead atoms. The molecule has 10 heteroatoms. The highest BCUT2D eigenvalue weighted by Gasteiger charge is 2.26. The monoisotopic (exact) mass is 594 g/mol. The van der Waals surface area contributed by atoms with Crippen molar-refractivity contribution >= 4 is 52.4 Å². The van der Waals surface area contributed by atoms with E-state index in [1.165, 1.54) is 49.5 Å². The fourth-order valence-corrected chi connectivity index (χ4v) is 4.67. The third-order valence-electron chi connectivity index (χ3n) is 6.11. The van der Waals surface area contributed by atoms with Crippen LogP contribution in [0.1, 0.15) is 39.5 Å². The molecule has 0 radical (unpaired) electrons. The summed E-state index contributed by atoms with van der Waals surface area (Å²) in [7, 11) is 0. The van der Waals surface area contributed by atoms with E-state index in [-0.39, 0.29) is 28.5 Å². The SMILES string of the molecule is Cc1cc(Cl)ccc1C(=O)c1ccc(N(C(=O)OC(C)OC(=O)Cc2cccnc2)c2ccc(F)cc2C)cc1Cl. The summed E-state index contributed by atoms with van der Waals surface area (Å²) in [5.41, 5.74) is 2.93. The summed E-state index contributed by atoms with van der Waals surface area (Å²) in [5.74, 6) is -1.43. The van der Waals surface area contributed by atoms with E-state index < -0.39 is 24.2 Å². The molecular formula is C31H25Cl2FN2O5. The number of esters is 1. The largest absolute Gasteiger partial charge is 0.425 e. The summed E-state index contributed by atoms with van der Waals surface area (Å²) in [6, 6.07) is 16.6. The summed E-state index contributed by atoms with van der Waals surface area (Å²) in [6.07, 6.45) is 0.890. The van der Waals surface area contributed by atoms with Crippen molar-refractivity contribution in [3.05, 3.63) is 123 Å². The number of pyridine rings is 1. The minimum absolute atomic E-state index is 0.0608. The zero-order valence-corrected chi connectivity index (χ0v) is 23.9. The Morgan fingerprint density at radius 2 is 1.68 bits per heavy atom. The zero-order valence-electron chi connectivity index (χ0n) is 22.4. The number of carbonyl (C=O) groups excluding carboxylic acids is 3. The topological polar surface area (TPSA) is 85.8 Å². The molecule has 1 unspecified atom stereocenters. The van der Waals surface area contributed by atoms with E-state index in [1.54, 1.807) is 50.4 Å². The lowest BCUT2D eigenvalue weighted by Crippen LogP contribution is -2.32. The first-order chi connectivity index (χ1) is 19.5. The van der Waals surface area contributed by atoms with Crippen molar-refractivity contribution in [3.63, 3.8) is 0 Å². The molecule has 1 amide bonds. The van der Waals surface area contributed by atoms with Gasteiger partial charge in [0.1, 0.15) is 5.82 Å². The van der Waals surface area contributed by atoms with Gasteiger partial charge in [-0.3, -0.25) is 14.6 Å². The van der Waals surface area contributed by atoms with E-state index in [9.17, 15) is 18.8 Å². The highest BCUT2D eigenvalue weighted by Crippen LogP contribution is 2.34. The molecule has 3 aromatic carbocycles. The smallest absolute Gasteiger partial charge is 0.422 e. The molecule has 0 saturated carbocycles. The Kier molecular flexibility index (Phi) is 9.37. The molecule has 1 atom stereocenters. The molecule has 0 spiro atoms. The predicted molar refractivity (Wildman–Crippen MR) is 154 cm³/mol. The summed E-state index contributed by atoms with van der Waals surface area (Å²) in [4.78, 5) is 44.1. The molecule has 0 aliphatic carbocycles. The Labute approximate surface area is 246 Å². The average molecular weight is 595 g/mol. The highest BCUT2D eigenvalue weighted by molar-refractivity contribution is 6.35. The normalized spacial score (nSPS) is 11.5. The summed E-state index contributed by atoms with van der Waals surface area (Å²) < 4.78 is 24.6. The number of aryl methyl sites for hydroxylation is 2. The Balaban J connectivity index is 1.61. The molecule has 1 heterocycles. The minimum atomic E-state index is -1.25. The Morgan fingerprint density at radius 3 is 2.34 bits per heavy atom. The maximum absolute atomic E-state index is 13.9. The number of aromatic nitrogens is 1. The number of hydrogen-bond donors (Lipinski definition) is 0. The molecule has 4 aromatic rings. The van der Waals surface area contributed by atoms with Gasteiger partial charge in [-0.1, -0.05) is 29.3 Å². The van der Waals surface area contributed by atoms with E-state index in [2.05, 4.69) is 4.98 Å². The van der Waals surface area contributed by atoms with Gasteiger partial charge in [0.05, 0.1) is 22.8 Å². The van der Waals surface area contributed by atoms with Gasteiger partial charge in [0, 0.05) is 35.5 Å². The molecule has 210 valence electrons. The van der Waals surface area contributed by atoms with Crippen molar-refractivity contribution in [2.75, 3.05) is 4.90 Å². The number of carbonyl (C=O) groups is 3. The van der Waals surface area contributed by atoms with Crippen LogP contribution in [-0.2, 0) is 20.7 Å². The van der Waals surface area contributed by atoms with Gasteiger partial charge in [0.15, 0.2) is 5.78 Å². The first kappa shape index (κ1) is 29.7. The first-order valence-electron chi connectivity index (χ1n) is 12.5. The number of ether oxygens (including phenoxy) is 2. The molecule has 0 fully saturated rings. The van der Waals surface area contributed by atoms with Crippen molar-refractivity contribution in [1.29, 1.82) is 0 Å². The third-order valence-corrected chi connectivity index (χ3v) is 6.65. The predicted octanol–water partition coefficient (Wildman–Crippen LogP) is 7.78. The summed E-state index contributed by atoms with van der Waals surface area (Å²) >= 11 is 12.6. The van der Waals surface area contributed by atoms with Crippen LogP contribution in [0.2, 0.25) is 10.0 Å². The maximum atomic E-state index is 13.9. The zero-order chi connectivity index (χ0) is 29.7. The van der Waals surface area contributed by atoms with Gasteiger partial charge in [0.2, 0.25) is 6.29 Å². The molecule has 0 saturated heterocycles. The van der Waals surface area contributed by atoms with E-state index in [1.807, 2.05) is 0 Å². The van der Waals surface area contributed by atoms with Crippen molar-refractivity contribution in [1.82, 2.24) is 4.98 Å². The molecular weight excluding hydrogens is 570 g/mol. The highest BCUT2D eigenvalue weighted by atomic mass is 35.5. The quantitative estimate of drug-likeness (QED) is 0.118. The molecule has 4 rings (SSSR count). The Hall–Kier alpha value is -4.27. The van der Waals surface area contributed by atoms with Gasteiger partial charge >= 0.3 is 12.1 Å². The fourth-order valence-electron chi connectivity index (χ4n) is 4.18. The van der Waals surface area contributed by atoms with Gasteiger partial charge in [0.25, 0.3) is 0 Å². The fraction of sp³-hybridized carbons (Fsp3) is 0.161. The van der Waals surface area contributed by atoms with Gasteiger partial charge in [-0.25, -0.2) is 14.1 Å². The number of halogens is 3. The number of amides is 1. The van der Waals surface area contributed by atoms with Crippen molar-refractivity contribution in [3.8, 4) is 0 Å². The van der Waals surface area contributed by atoms with Crippen molar-refractivity contribution in [2.45, 2.75) is 33.5 Å². The maximum Gasteiger partial charge on any atom is 0.422 e. The third kappa shape index (κ3) is 7.28. The van der Waals surface area contributed by atoms with E-state index in [4.69, 9.17) is 32.7 Å². The van der Waals surface area contributed by atoms with Crippen LogP contribution in [0.5, 0.6) is 0 Å². The van der Waals surface area contributed by atoms with Crippen LogP contribution >= 0.6 is 23.2 Å². The van der Waals surface area contributed by atoms with Gasteiger partial charge in [-0.05, 0) is 91.2 Å². The van der Waals surface area contributed by atoms with E-state index >= 15 is 0 Å². The van der Waals surface area contributed by atoms with E-state index in [0.717, 1.165) is 4.90 Å². The van der Waals surface area contributed by atoms with Crippen LogP contribution in [0.4, 0.5) is 20.6 Å². The van der Waals surface area contributed by atoms with Crippen LogP contribution in [0.25, 0.3) is 0 Å². The van der Waals surface area contributed by atoms with Crippen LogP contribution in [-0.4, -0.2) is 29.1 Å². The summed E-state index contributed by atoms with van der Waals surface area (Å²) in [5, 5.41) is 0.580. The molecule has 41 heavy (non-hydrogen) atoms. The van der Waals surface area contributed by atoms with Crippen LogP contribution in [0.15, 0.2) is 79.1 Å². The number of nitrogens with zero attached hydrogens (tertiary/aromatic N) is 2. The number of hydrogen-bond acceptors (Lipinski definition) is 6. The number of anilines is 2. The second-order valence-corrected chi connectivity index (χ2v) is 10.0. The lowest BCUT2D eigenvalue weighted by molar-refractivity contribution is -0.163. The number of ketones is 1. The van der Waals surface area contributed by atoms with Crippen LogP contribution in [0, 0.1) is 19.7 Å². The second kappa shape index (κ2) is 12.9. The van der Waals surface area contributed by atoms with Gasteiger partial charge in [-0.15, -0.1) is 0 Å². The van der Waals surface area contributed by atoms with Crippen molar-refractivity contribution < 1.29 is 28.2 Å². The second-order valence-electron chi connectivity index (χ2n) is 9.20. The van der Waals surface area contributed by atoms with Crippen molar-refractivity contribution in [2.24, 2.45) is 0 Å². The summed E-state index contributed by atoms with van der Waals surface area (Å²) in [6.45, 7) is 4.79. The van der Waals surface area contributed by atoms with Crippen LogP contribution < -0.4 is 4.90 Å². The Morgan fingerprint density at radius 1 is 0.927 bits per heavy atom. The molecule has 0 N–H and O–H groups in total.